The van der Waals surface area contributed by atoms with Crippen LogP contribution >= 0.6 is 11.8 Å². The predicted molar refractivity (Wildman–Crippen MR) is 118 cm³/mol. The number of nitrogens with one attached hydrogen (secondary N) is 2. The van der Waals surface area contributed by atoms with Crippen molar-refractivity contribution in [1.82, 2.24) is 9.55 Å². The Morgan fingerprint density at radius 1 is 1.28 bits per heavy atom. The minimum Gasteiger partial charge on any atom is -0.340 e. The molecular weight excluding hydrogens is 384 g/mol. The Morgan fingerprint density at radius 3 is 2.83 bits per heavy atom. The predicted octanol–water partition coefficient (Wildman–Crippen LogP) is 1.70. The number of benzene rings is 1. The van der Waals surface area contributed by atoms with E-state index < -0.39 is 0 Å². The Hall–Kier alpha value is -2.12. The molecule has 1 aromatic heterocycles. The second-order valence-corrected chi connectivity index (χ2v) is 8.96. The molecule has 6 nitrogen and oxygen atoms in total. The Morgan fingerprint density at radius 2 is 2.07 bits per heavy atom. The van der Waals surface area contributed by atoms with Crippen LogP contribution in [0.5, 0.6) is 0 Å². The summed E-state index contributed by atoms with van der Waals surface area (Å²) >= 11 is 1.38. The summed E-state index contributed by atoms with van der Waals surface area (Å²) in [6.45, 7) is 3.74. The van der Waals surface area contributed by atoms with Crippen LogP contribution in [0, 0.1) is 6.92 Å². The molecule has 2 aromatic rings. The van der Waals surface area contributed by atoms with Gasteiger partial charge in [0, 0.05) is 29.9 Å². The average Bonchev–Trinajstić information content (AvgIpc) is 2.68. The van der Waals surface area contributed by atoms with Gasteiger partial charge in [-0.1, -0.05) is 23.9 Å². The van der Waals surface area contributed by atoms with Crippen molar-refractivity contribution in [1.29, 1.82) is 0 Å². The van der Waals surface area contributed by atoms with Gasteiger partial charge in [-0.2, -0.15) is 4.98 Å². The first-order chi connectivity index (χ1) is 13.9. The third kappa shape index (κ3) is 5.93. The van der Waals surface area contributed by atoms with Crippen LogP contribution in [-0.4, -0.2) is 41.9 Å². The van der Waals surface area contributed by atoms with E-state index in [1.165, 1.54) is 22.2 Å². The minimum absolute atomic E-state index is 0.0786. The topological polar surface area (TPSA) is 68.4 Å². The maximum absolute atomic E-state index is 12.7. The zero-order valence-corrected chi connectivity index (χ0v) is 18.4. The molecule has 0 unspecified atom stereocenters. The van der Waals surface area contributed by atoms with E-state index in [9.17, 15) is 9.59 Å². The number of aryl methyl sites for hydroxylation is 1. The summed E-state index contributed by atoms with van der Waals surface area (Å²) in [5.41, 5.74) is 4.02. The highest BCUT2D eigenvalue weighted by Gasteiger charge is 2.21. The fourth-order valence-corrected chi connectivity index (χ4v) is 4.62. The van der Waals surface area contributed by atoms with E-state index >= 15 is 0 Å². The monoisotopic (exact) mass is 415 g/mol. The number of carbonyl (C=O) groups excluding carboxylic acids is 1. The Balaban J connectivity index is 1.71. The van der Waals surface area contributed by atoms with Gasteiger partial charge in [0.15, 0.2) is 0 Å². The molecule has 29 heavy (non-hydrogen) atoms. The van der Waals surface area contributed by atoms with Gasteiger partial charge in [0.1, 0.15) is 5.03 Å². The van der Waals surface area contributed by atoms with Gasteiger partial charge in [-0.05, 0) is 50.3 Å². The van der Waals surface area contributed by atoms with E-state index in [0.717, 1.165) is 67.2 Å². The SMILES string of the molecule is Cc1cccc(NC(=O)CSc2nc(=O)n(CCC[NH+](C)C)c3c2CCCC3)c1. The number of fused-ring (bicyclic) bond motifs is 1. The zero-order chi connectivity index (χ0) is 20.8. The third-order valence-corrected chi connectivity index (χ3v) is 6.17. The Kier molecular flexibility index (Phi) is 7.50. The van der Waals surface area contributed by atoms with E-state index in [0.29, 0.717) is 0 Å². The maximum Gasteiger partial charge on any atom is 0.348 e. The molecule has 1 amide bonds. The Bertz CT molecular complexity index is 924. The van der Waals surface area contributed by atoms with Gasteiger partial charge in [0.25, 0.3) is 0 Å². The van der Waals surface area contributed by atoms with E-state index in [4.69, 9.17) is 0 Å². The molecule has 7 heteroatoms. The second-order valence-electron chi connectivity index (χ2n) is 8.00. The van der Waals surface area contributed by atoms with Crippen LogP contribution in [0.3, 0.4) is 0 Å². The summed E-state index contributed by atoms with van der Waals surface area (Å²) in [7, 11) is 4.25. The molecule has 0 atom stereocenters. The number of anilines is 1. The lowest BCUT2D eigenvalue weighted by Gasteiger charge is -2.22. The molecule has 1 aliphatic carbocycles. The van der Waals surface area contributed by atoms with Crippen molar-refractivity contribution >= 4 is 23.4 Å². The molecule has 0 bridgehead atoms. The van der Waals surface area contributed by atoms with Gasteiger partial charge in [-0.15, -0.1) is 0 Å². The molecule has 0 saturated heterocycles. The van der Waals surface area contributed by atoms with E-state index in [-0.39, 0.29) is 17.3 Å². The van der Waals surface area contributed by atoms with Crippen LogP contribution in [0.15, 0.2) is 34.1 Å². The van der Waals surface area contributed by atoms with Crippen molar-refractivity contribution in [3.8, 4) is 0 Å². The lowest BCUT2D eigenvalue weighted by Crippen LogP contribution is -3.05. The summed E-state index contributed by atoms with van der Waals surface area (Å²) in [6, 6.07) is 7.74. The van der Waals surface area contributed by atoms with E-state index in [2.05, 4.69) is 24.4 Å². The minimum atomic E-state index is -0.180. The van der Waals surface area contributed by atoms with Crippen molar-refractivity contribution in [3.05, 3.63) is 51.6 Å². The first-order valence-corrected chi connectivity index (χ1v) is 11.3. The van der Waals surface area contributed by atoms with Crippen LogP contribution in [0.2, 0.25) is 0 Å². The van der Waals surface area contributed by atoms with Gasteiger partial charge in [-0.25, -0.2) is 4.79 Å². The number of hydrogen-bond acceptors (Lipinski definition) is 4. The first-order valence-electron chi connectivity index (χ1n) is 10.3. The van der Waals surface area contributed by atoms with Crippen LogP contribution < -0.4 is 15.9 Å². The van der Waals surface area contributed by atoms with Crippen LogP contribution in [0.25, 0.3) is 0 Å². The van der Waals surface area contributed by atoms with E-state index in [1.54, 1.807) is 0 Å². The summed E-state index contributed by atoms with van der Waals surface area (Å²) < 4.78 is 1.87. The highest BCUT2D eigenvalue weighted by Crippen LogP contribution is 2.28. The molecule has 1 aromatic carbocycles. The average molecular weight is 416 g/mol. The molecule has 0 radical (unpaired) electrons. The van der Waals surface area contributed by atoms with Crippen LogP contribution in [0.4, 0.5) is 5.69 Å². The van der Waals surface area contributed by atoms with Crippen LogP contribution in [0.1, 0.15) is 36.1 Å². The molecule has 1 heterocycles. The normalized spacial score (nSPS) is 13.4. The molecule has 0 saturated carbocycles. The summed E-state index contributed by atoms with van der Waals surface area (Å²) in [5.74, 6) is 0.172. The van der Waals surface area contributed by atoms with Crippen molar-refractivity contribution in [2.45, 2.75) is 50.6 Å². The highest BCUT2D eigenvalue weighted by molar-refractivity contribution is 8.00. The number of thioether (sulfide) groups is 1. The van der Waals surface area contributed by atoms with Crippen molar-refractivity contribution in [3.63, 3.8) is 0 Å². The number of hydrogen-bond donors (Lipinski definition) is 2. The van der Waals surface area contributed by atoms with Crippen molar-refractivity contribution < 1.29 is 9.69 Å². The number of nitrogens with zero attached hydrogens (tertiary/aromatic N) is 2. The number of quaternary nitrogens is 1. The summed E-state index contributed by atoms with van der Waals surface area (Å²) in [6.07, 6.45) is 5.03. The number of rotatable bonds is 8. The molecular formula is C22H31N4O2S+. The summed E-state index contributed by atoms with van der Waals surface area (Å²) in [4.78, 5) is 30.8. The molecule has 0 fully saturated rings. The molecule has 0 aliphatic heterocycles. The number of aromatic nitrogens is 2. The van der Waals surface area contributed by atoms with Gasteiger partial charge < -0.3 is 10.2 Å². The maximum atomic E-state index is 12.7. The molecule has 1 aliphatic rings. The van der Waals surface area contributed by atoms with Gasteiger partial charge in [0.05, 0.1) is 26.4 Å². The third-order valence-electron chi connectivity index (χ3n) is 5.15. The number of carbonyl (C=O) groups is 1. The molecule has 156 valence electrons. The van der Waals surface area contributed by atoms with Crippen molar-refractivity contribution in [2.24, 2.45) is 0 Å². The smallest absolute Gasteiger partial charge is 0.340 e. The summed E-state index contributed by atoms with van der Waals surface area (Å²) in [5, 5.41) is 3.66. The lowest BCUT2D eigenvalue weighted by molar-refractivity contribution is -0.858. The fourth-order valence-electron chi connectivity index (χ4n) is 3.74. The number of amides is 1. The molecule has 0 spiro atoms. The largest absolute Gasteiger partial charge is 0.348 e. The Labute approximate surface area is 176 Å². The highest BCUT2D eigenvalue weighted by atomic mass is 32.2. The fraction of sp³-hybridized carbons (Fsp3) is 0.500. The van der Waals surface area contributed by atoms with Gasteiger partial charge in [-0.3, -0.25) is 9.36 Å². The standard InChI is InChI=1S/C22H30N4O2S/c1-16-8-6-9-17(14-16)23-20(27)15-29-21-18-10-4-5-11-19(18)26(22(28)24-21)13-7-12-25(2)3/h6,8-9,14H,4-5,7,10-13,15H2,1-3H3,(H,23,27)/p+1. The second kappa shape index (κ2) is 10.1. The first kappa shape index (κ1) is 21.6. The van der Waals surface area contributed by atoms with Gasteiger partial charge >= 0.3 is 5.69 Å². The lowest BCUT2D eigenvalue weighted by atomic mass is 9.97. The van der Waals surface area contributed by atoms with Crippen LogP contribution in [-0.2, 0) is 24.2 Å². The zero-order valence-electron chi connectivity index (χ0n) is 17.6. The van der Waals surface area contributed by atoms with Gasteiger partial charge in [0.2, 0.25) is 5.91 Å². The van der Waals surface area contributed by atoms with Crippen molar-refractivity contribution in [2.75, 3.05) is 31.7 Å². The molecule has 2 N–H and O–H groups in total. The van der Waals surface area contributed by atoms with E-state index in [1.807, 2.05) is 35.8 Å². The molecule has 3 rings (SSSR count). The quantitative estimate of drug-likeness (QED) is 0.509.